The number of fused-ring (bicyclic) bond motifs is 1. The van der Waals surface area contributed by atoms with E-state index in [1.807, 2.05) is 69.3 Å². The van der Waals surface area contributed by atoms with Crippen LogP contribution in [0.25, 0.3) is 0 Å². The molecule has 6 heteroatoms. The van der Waals surface area contributed by atoms with Gasteiger partial charge < -0.3 is 15.4 Å². The minimum Gasteiger partial charge on any atom is -0.362 e. The van der Waals surface area contributed by atoms with Gasteiger partial charge in [0.2, 0.25) is 0 Å². The van der Waals surface area contributed by atoms with Gasteiger partial charge in [-0.25, -0.2) is 0 Å². The van der Waals surface area contributed by atoms with Crippen LogP contribution >= 0.6 is 0 Å². The normalized spacial score (nSPS) is 18.2. The molecule has 3 atom stereocenters. The van der Waals surface area contributed by atoms with Gasteiger partial charge >= 0.3 is 0 Å². The Bertz CT molecular complexity index is 1120. The average molecular weight is 478 g/mol. The van der Waals surface area contributed by atoms with Crippen LogP contribution in [0.15, 0.2) is 85.0 Å². The molecule has 2 amide bonds. The first kappa shape index (κ1) is 26.1. The van der Waals surface area contributed by atoms with Gasteiger partial charge in [0, 0.05) is 31.4 Å². The zero-order chi connectivity index (χ0) is 25.2. The van der Waals surface area contributed by atoms with Crippen LogP contribution in [-0.2, 0) is 16.1 Å². The number of hydrogen-bond acceptors (Lipinski definition) is 4. The predicted molar refractivity (Wildman–Crippen MR) is 146 cm³/mol. The molecule has 3 unspecified atom stereocenters. The smallest absolute Gasteiger partial charge is 0.255 e. The van der Waals surface area contributed by atoms with Gasteiger partial charge in [0.05, 0.1) is 13.3 Å². The molecule has 3 N–H and O–H groups in total. The number of ether oxygens (including phenoxy) is 1. The molecule has 1 saturated carbocycles. The molecule has 0 aromatic heterocycles. The standard InChI is InChI=1S/C27H29N3O3.C2H6.2H2/c1-3-18(2)28-17-33-16-19-7-4-9-21(13-19)26(31)29-22-10-6-11-23(15-22)30-27(32)24-12-5-8-20-14-25(20)24;1-2;;/h3-13,15,18,20,25,28H,1,14,16-17H2,2H3,(H,29,31)(H,30,32);1-2H3;2*1H. The van der Waals surface area contributed by atoms with Crippen LogP contribution in [0, 0.1) is 11.8 Å². The summed E-state index contributed by atoms with van der Waals surface area (Å²) in [5, 5.41) is 9.02. The molecule has 0 saturated heterocycles. The molecule has 0 spiro atoms. The summed E-state index contributed by atoms with van der Waals surface area (Å²) in [6, 6.07) is 14.7. The van der Waals surface area contributed by atoms with E-state index in [9.17, 15) is 9.59 Å². The molecule has 2 aliphatic carbocycles. The summed E-state index contributed by atoms with van der Waals surface area (Å²) >= 11 is 0. The van der Waals surface area contributed by atoms with E-state index in [4.69, 9.17) is 4.74 Å². The van der Waals surface area contributed by atoms with E-state index >= 15 is 0 Å². The van der Waals surface area contributed by atoms with Crippen LogP contribution < -0.4 is 16.0 Å². The lowest BCUT2D eigenvalue weighted by atomic mass is 10.0. The maximum Gasteiger partial charge on any atom is 0.255 e. The number of allylic oxidation sites excluding steroid dienone is 3. The molecular formula is C29H39N3O3. The third kappa shape index (κ3) is 7.50. The second-order valence-electron chi connectivity index (χ2n) is 8.42. The first-order valence-electron chi connectivity index (χ1n) is 12.2. The van der Waals surface area contributed by atoms with Gasteiger partial charge in [-0.3, -0.25) is 14.9 Å². The van der Waals surface area contributed by atoms with Crippen molar-refractivity contribution >= 4 is 23.2 Å². The number of nitrogens with one attached hydrogen (secondary N) is 3. The quantitative estimate of drug-likeness (QED) is 0.217. The average Bonchev–Trinajstić information content (AvgIpc) is 3.68. The van der Waals surface area contributed by atoms with Crippen molar-refractivity contribution in [3.05, 3.63) is 96.1 Å². The molecular weight excluding hydrogens is 438 g/mol. The molecule has 2 aromatic carbocycles. The summed E-state index contributed by atoms with van der Waals surface area (Å²) in [7, 11) is 0. The molecule has 0 bridgehead atoms. The van der Waals surface area contributed by atoms with Crippen molar-refractivity contribution < 1.29 is 17.2 Å². The van der Waals surface area contributed by atoms with Crippen molar-refractivity contribution in [1.29, 1.82) is 0 Å². The molecule has 2 aliphatic rings. The Morgan fingerprint density at radius 3 is 2.57 bits per heavy atom. The molecule has 0 radical (unpaired) electrons. The van der Waals surface area contributed by atoms with Crippen LogP contribution in [0.4, 0.5) is 11.4 Å². The number of rotatable bonds is 10. The van der Waals surface area contributed by atoms with E-state index in [0.717, 1.165) is 17.6 Å². The van der Waals surface area contributed by atoms with Gasteiger partial charge in [-0.2, -0.15) is 0 Å². The Kier molecular flexibility index (Phi) is 9.58. The van der Waals surface area contributed by atoms with Gasteiger partial charge in [0.1, 0.15) is 0 Å². The van der Waals surface area contributed by atoms with E-state index in [1.165, 1.54) is 0 Å². The topological polar surface area (TPSA) is 79.5 Å². The van der Waals surface area contributed by atoms with E-state index < -0.39 is 0 Å². The highest BCUT2D eigenvalue weighted by Gasteiger charge is 2.41. The van der Waals surface area contributed by atoms with Gasteiger partial charge in [0.15, 0.2) is 0 Å². The third-order valence-electron chi connectivity index (χ3n) is 5.83. The zero-order valence-electron chi connectivity index (χ0n) is 20.7. The number of carbonyl (C=O) groups excluding carboxylic acids is 2. The summed E-state index contributed by atoms with van der Waals surface area (Å²) in [4.78, 5) is 25.4. The fourth-order valence-corrected chi connectivity index (χ4v) is 3.78. The molecule has 1 fully saturated rings. The fourth-order valence-electron chi connectivity index (χ4n) is 3.78. The molecule has 0 aliphatic heterocycles. The van der Waals surface area contributed by atoms with E-state index in [0.29, 0.717) is 42.1 Å². The number of anilines is 2. The third-order valence-corrected chi connectivity index (χ3v) is 5.83. The second kappa shape index (κ2) is 12.8. The zero-order valence-corrected chi connectivity index (χ0v) is 20.7. The minimum absolute atomic E-state index is 0. The Morgan fingerprint density at radius 2 is 1.83 bits per heavy atom. The van der Waals surface area contributed by atoms with Crippen LogP contribution in [0.3, 0.4) is 0 Å². The van der Waals surface area contributed by atoms with Gasteiger partial charge in [0.25, 0.3) is 11.8 Å². The lowest BCUT2D eigenvalue weighted by Gasteiger charge is -2.12. The molecule has 35 heavy (non-hydrogen) atoms. The van der Waals surface area contributed by atoms with Crippen LogP contribution in [0.5, 0.6) is 0 Å². The molecule has 4 rings (SSSR count). The molecule has 6 nitrogen and oxygen atoms in total. The Morgan fingerprint density at radius 1 is 1.11 bits per heavy atom. The SMILES string of the molecule is C=CC(C)NCOCc1cccc(C(=O)Nc2cccc(NC(=O)C3=CC=CC4CC34)c2)c1.CC.[HH].[HH]. The number of benzene rings is 2. The van der Waals surface area contributed by atoms with Crippen LogP contribution in [-0.4, -0.2) is 24.6 Å². The highest BCUT2D eigenvalue weighted by Crippen LogP contribution is 2.47. The second-order valence-corrected chi connectivity index (χ2v) is 8.42. The highest BCUT2D eigenvalue weighted by molar-refractivity contribution is 6.06. The molecule has 2 aromatic rings. The molecule has 188 valence electrons. The lowest BCUT2D eigenvalue weighted by Crippen LogP contribution is -2.26. The first-order valence-corrected chi connectivity index (χ1v) is 12.2. The summed E-state index contributed by atoms with van der Waals surface area (Å²) in [6.07, 6.45) is 8.85. The largest absolute Gasteiger partial charge is 0.362 e. The lowest BCUT2D eigenvalue weighted by molar-refractivity contribution is -0.113. The Labute approximate surface area is 211 Å². The van der Waals surface area contributed by atoms with Gasteiger partial charge in [-0.1, -0.05) is 56.4 Å². The van der Waals surface area contributed by atoms with Crippen molar-refractivity contribution in [2.45, 2.75) is 39.8 Å². The van der Waals surface area contributed by atoms with Gasteiger partial charge in [-0.05, 0) is 61.1 Å². The summed E-state index contributed by atoms with van der Waals surface area (Å²) in [5.41, 5.74) is 3.53. The Hall–Kier alpha value is -3.48. The number of hydrogen-bond donors (Lipinski definition) is 3. The van der Waals surface area contributed by atoms with Crippen molar-refractivity contribution in [1.82, 2.24) is 5.32 Å². The monoisotopic (exact) mass is 477 g/mol. The van der Waals surface area contributed by atoms with Crippen LogP contribution in [0.1, 0.15) is 46.0 Å². The maximum absolute atomic E-state index is 12.8. The highest BCUT2D eigenvalue weighted by atomic mass is 16.5. The van der Waals surface area contributed by atoms with E-state index in [-0.39, 0.29) is 20.7 Å². The maximum atomic E-state index is 12.8. The Balaban J connectivity index is 0.00000167. The summed E-state index contributed by atoms with van der Waals surface area (Å²) in [6.45, 7) is 10.5. The van der Waals surface area contributed by atoms with Crippen LogP contribution in [0.2, 0.25) is 0 Å². The van der Waals surface area contributed by atoms with E-state index in [1.54, 1.807) is 18.2 Å². The fraction of sp³-hybridized carbons (Fsp3) is 0.310. The van der Waals surface area contributed by atoms with Gasteiger partial charge in [-0.15, -0.1) is 6.58 Å². The first-order chi connectivity index (χ1) is 17.0. The van der Waals surface area contributed by atoms with Crippen molar-refractivity contribution in [2.24, 2.45) is 11.8 Å². The number of amides is 2. The summed E-state index contributed by atoms with van der Waals surface area (Å²) < 4.78 is 5.62. The van der Waals surface area contributed by atoms with Crippen molar-refractivity contribution in [3.63, 3.8) is 0 Å². The summed E-state index contributed by atoms with van der Waals surface area (Å²) in [5.74, 6) is 0.546. The van der Waals surface area contributed by atoms with E-state index in [2.05, 4.69) is 28.6 Å². The van der Waals surface area contributed by atoms with Crippen molar-refractivity contribution in [2.75, 3.05) is 17.4 Å². The number of carbonyl (C=O) groups is 2. The predicted octanol–water partition coefficient (Wildman–Crippen LogP) is 6.17. The molecule has 0 heterocycles. The van der Waals surface area contributed by atoms with Crippen molar-refractivity contribution in [3.8, 4) is 0 Å². The minimum atomic E-state index is -0.223.